The molecule has 0 spiro atoms. The van der Waals surface area contributed by atoms with Gasteiger partial charge in [-0.1, -0.05) is 74.5 Å². The molecule has 2 atom stereocenters. The number of esters is 1. The van der Waals surface area contributed by atoms with Gasteiger partial charge in [0.25, 0.3) is 11.8 Å². The van der Waals surface area contributed by atoms with E-state index in [2.05, 4.69) is 20.6 Å². The van der Waals surface area contributed by atoms with Gasteiger partial charge in [0, 0.05) is 0 Å². The van der Waals surface area contributed by atoms with Crippen LogP contribution in [-0.4, -0.2) is 33.8 Å². The average Bonchev–Trinajstić information content (AvgIpc) is 3.33. The number of H-pyrrole nitrogens is 1. The first kappa shape index (κ1) is 24.7. The van der Waals surface area contributed by atoms with Crippen molar-refractivity contribution in [2.75, 3.05) is 0 Å². The maximum absolute atomic E-state index is 13.0. The van der Waals surface area contributed by atoms with Crippen LogP contribution in [0.3, 0.4) is 0 Å². The van der Waals surface area contributed by atoms with E-state index in [0.29, 0.717) is 6.42 Å². The smallest absolute Gasteiger partial charge is 0.328 e. The highest BCUT2D eigenvalue weighted by atomic mass is 16.5. The van der Waals surface area contributed by atoms with Crippen LogP contribution in [0.5, 0.6) is 0 Å². The Bertz CT molecular complexity index is 1100. The molecule has 0 aliphatic carbocycles. The van der Waals surface area contributed by atoms with Gasteiger partial charge in [-0.05, 0) is 30.4 Å². The van der Waals surface area contributed by atoms with E-state index in [-0.39, 0.29) is 30.0 Å². The van der Waals surface area contributed by atoms with Crippen molar-refractivity contribution in [1.29, 1.82) is 0 Å². The first-order valence-corrected chi connectivity index (χ1v) is 11.3. The number of aromatic amines is 1. The van der Waals surface area contributed by atoms with Gasteiger partial charge in [-0.2, -0.15) is 0 Å². The zero-order valence-electron chi connectivity index (χ0n) is 19.6. The second-order valence-corrected chi connectivity index (χ2v) is 8.48. The van der Waals surface area contributed by atoms with Crippen molar-refractivity contribution < 1.29 is 19.1 Å². The molecule has 3 rings (SSSR count). The number of carbonyl (C=O) groups excluding carboxylic acids is 3. The predicted octanol–water partition coefficient (Wildman–Crippen LogP) is 3.79. The SMILES string of the molecule is CC(C)C[C@H](NC(=O)c1[nH]cnc1C(=O)N[C@@H](C)c1ccccc1)C(=O)OCc1ccccc1. The molecule has 0 radical (unpaired) electrons. The maximum Gasteiger partial charge on any atom is 0.328 e. The molecular weight excluding hydrogens is 432 g/mol. The summed E-state index contributed by atoms with van der Waals surface area (Å²) in [5, 5.41) is 5.55. The standard InChI is InChI=1S/C26H30N4O4/c1-17(2)14-21(26(33)34-15-19-10-6-4-7-11-19)30-25(32)23-22(27-16-28-23)24(31)29-18(3)20-12-8-5-9-13-20/h4-13,16-18,21H,14-15H2,1-3H3,(H,27,28)(H,29,31)(H,30,32)/t18-,21-/m0/s1. The molecule has 178 valence electrons. The highest BCUT2D eigenvalue weighted by Gasteiger charge is 2.28. The molecule has 1 aromatic heterocycles. The predicted molar refractivity (Wildman–Crippen MR) is 128 cm³/mol. The molecule has 8 heteroatoms. The summed E-state index contributed by atoms with van der Waals surface area (Å²) < 4.78 is 5.43. The van der Waals surface area contributed by atoms with Crippen LogP contribution in [0.2, 0.25) is 0 Å². The summed E-state index contributed by atoms with van der Waals surface area (Å²) in [6.07, 6.45) is 1.67. The second kappa shape index (κ2) is 11.8. The van der Waals surface area contributed by atoms with Crippen LogP contribution in [0.4, 0.5) is 0 Å². The first-order chi connectivity index (χ1) is 16.3. The molecule has 0 fully saturated rings. The van der Waals surface area contributed by atoms with Crippen molar-refractivity contribution in [3.05, 3.63) is 89.5 Å². The minimum Gasteiger partial charge on any atom is -0.459 e. The van der Waals surface area contributed by atoms with Crippen molar-refractivity contribution in [2.24, 2.45) is 5.92 Å². The third kappa shape index (κ3) is 6.78. The van der Waals surface area contributed by atoms with Crippen molar-refractivity contribution in [3.63, 3.8) is 0 Å². The maximum atomic E-state index is 13.0. The van der Waals surface area contributed by atoms with E-state index in [1.54, 1.807) is 0 Å². The minimum atomic E-state index is -0.862. The van der Waals surface area contributed by atoms with Crippen LogP contribution in [0.25, 0.3) is 0 Å². The summed E-state index contributed by atoms with van der Waals surface area (Å²) in [6, 6.07) is 17.7. The van der Waals surface area contributed by atoms with E-state index in [9.17, 15) is 14.4 Å². The van der Waals surface area contributed by atoms with E-state index in [1.165, 1.54) is 6.33 Å². The number of benzene rings is 2. The monoisotopic (exact) mass is 462 g/mol. The van der Waals surface area contributed by atoms with Crippen LogP contribution in [-0.2, 0) is 16.1 Å². The Kier molecular flexibility index (Phi) is 8.56. The van der Waals surface area contributed by atoms with E-state index in [0.717, 1.165) is 11.1 Å². The second-order valence-electron chi connectivity index (χ2n) is 8.48. The Balaban J connectivity index is 1.67. The Hall–Kier alpha value is -3.94. The third-order valence-electron chi connectivity index (χ3n) is 5.25. The fourth-order valence-corrected chi connectivity index (χ4v) is 3.47. The topological polar surface area (TPSA) is 113 Å². The van der Waals surface area contributed by atoms with Crippen LogP contribution >= 0.6 is 0 Å². The van der Waals surface area contributed by atoms with E-state index < -0.39 is 23.8 Å². The number of aromatic nitrogens is 2. The Labute approximate surface area is 199 Å². The number of nitrogens with one attached hydrogen (secondary N) is 3. The number of ether oxygens (including phenoxy) is 1. The molecular formula is C26H30N4O4. The van der Waals surface area contributed by atoms with Crippen LogP contribution in [0.1, 0.15) is 65.3 Å². The quantitative estimate of drug-likeness (QED) is 0.397. The largest absolute Gasteiger partial charge is 0.459 e. The molecule has 2 amide bonds. The summed E-state index contributed by atoms with van der Waals surface area (Å²) in [7, 11) is 0. The van der Waals surface area contributed by atoms with Crippen LogP contribution in [0, 0.1) is 5.92 Å². The fraction of sp³-hybridized carbons (Fsp3) is 0.308. The van der Waals surface area contributed by atoms with Gasteiger partial charge < -0.3 is 20.4 Å². The first-order valence-electron chi connectivity index (χ1n) is 11.3. The van der Waals surface area contributed by atoms with Gasteiger partial charge in [0.15, 0.2) is 5.69 Å². The molecule has 8 nitrogen and oxygen atoms in total. The van der Waals surface area contributed by atoms with Gasteiger partial charge in [-0.3, -0.25) is 9.59 Å². The molecule has 0 bridgehead atoms. The summed E-state index contributed by atoms with van der Waals surface area (Å²) in [5.41, 5.74) is 1.73. The number of imidazole rings is 1. The number of carbonyl (C=O) groups is 3. The van der Waals surface area contributed by atoms with Gasteiger partial charge in [0.1, 0.15) is 18.3 Å². The molecule has 0 aliphatic rings. The normalized spacial score (nSPS) is 12.6. The van der Waals surface area contributed by atoms with E-state index in [1.807, 2.05) is 81.4 Å². The van der Waals surface area contributed by atoms with Gasteiger partial charge in [0.2, 0.25) is 0 Å². The number of nitrogens with zero attached hydrogens (tertiary/aromatic N) is 1. The Morgan fingerprint density at radius 3 is 2.21 bits per heavy atom. The summed E-state index contributed by atoms with van der Waals surface area (Å²) >= 11 is 0. The van der Waals surface area contributed by atoms with Crippen molar-refractivity contribution in [1.82, 2.24) is 20.6 Å². The van der Waals surface area contributed by atoms with Crippen molar-refractivity contribution in [2.45, 2.75) is 45.9 Å². The van der Waals surface area contributed by atoms with E-state index >= 15 is 0 Å². The number of amides is 2. The molecule has 3 aromatic rings. The molecule has 34 heavy (non-hydrogen) atoms. The third-order valence-corrected chi connectivity index (χ3v) is 5.25. The Morgan fingerprint density at radius 2 is 1.56 bits per heavy atom. The lowest BCUT2D eigenvalue weighted by atomic mass is 10.0. The lowest BCUT2D eigenvalue weighted by Crippen LogP contribution is -2.43. The molecule has 3 N–H and O–H groups in total. The lowest BCUT2D eigenvalue weighted by molar-refractivity contribution is -0.147. The highest BCUT2D eigenvalue weighted by Crippen LogP contribution is 2.14. The van der Waals surface area contributed by atoms with Gasteiger partial charge in [-0.15, -0.1) is 0 Å². The number of hydrogen-bond acceptors (Lipinski definition) is 5. The molecule has 0 unspecified atom stereocenters. The lowest BCUT2D eigenvalue weighted by Gasteiger charge is -2.19. The van der Waals surface area contributed by atoms with Crippen LogP contribution in [0.15, 0.2) is 67.0 Å². The average molecular weight is 463 g/mol. The van der Waals surface area contributed by atoms with Gasteiger partial charge in [-0.25, -0.2) is 9.78 Å². The number of hydrogen-bond donors (Lipinski definition) is 3. The van der Waals surface area contributed by atoms with Gasteiger partial charge >= 0.3 is 5.97 Å². The highest BCUT2D eigenvalue weighted by molar-refractivity contribution is 6.05. The zero-order chi connectivity index (χ0) is 24.5. The van der Waals surface area contributed by atoms with Gasteiger partial charge in [0.05, 0.1) is 12.4 Å². The molecule has 2 aromatic carbocycles. The number of rotatable bonds is 10. The van der Waals surface area contributed by atoms with Crippen LogP contribution < -0.4 is 10.6 Å². The Morgan fingerprint density at radius 1 is 0.912 bits per heavy atom. The molecule has 0 saturated heterocycles. The summed E-state index contributed by atoms with van der Waals surface area (Å²) in [4.78, 5) is 45.3. The fourth-order valence-electron chi connectivity index (χ4n) is 3.47. The summed E-state index contributed by atoms with van der Waals surface area (Å²) in [5.74, 6) is -1.49. The molecule has 0 aliphatic heterocycles. The molecule has 1 heterocycles. The minimum absolute atomic E-state index is 0.0117. The van der Waals surface area contributed by atoms with E-state index in [4.69, 9.17) is 4.74 Å². The summed E-state index contributed by atoms with van der Waals surface area (Å²) in [6.45, 7) is 5.85. The van der Waals surface area contributed by atoms with Crippen molar-refractivity contribution >= 4 is 17.8 Å². The zero-order valence-corrected chi connectivity index (χ0v) is 19.6. The molecule has 0 saturated carbocycles. The van der Waals surface area contributed by atoms with Crippen molar-refractivity contribution in [3.8, 4) is 0 Å².